The molecule has 0 aromatic rings. The van der Waals surface area contributed by atoms with E-state index in [9.17, 15) is 9.90 Å². The smallest absolute Gasteiger partial charge is 0.421 e. The lowest BCUT2D eigenvalue weighted by Gasteiger charge is -2.07. The van der Waals surface area contributed by atoms with Crippen LogP contribution in [0, 0.1) is 0 Å². The molecule has 0 aromatic carbocycles. The first-order valence-corrected chi connectivity index (χ1v) is 4.34. The molecule has 0 spiro atoms. The average molecular weight is 178 g/mol. The summed E-state index contributed by atoms with van der Waals surface area (Å²) in [6.45, 7) is 0.918. The van der Waals surface area contributed by atoms with Gasteiger partial charge in [-0.15, -0.1) is 11.8 Å². The van der Waals surface area contributed by atoms with E-state index in [0.717, 1.165) is 12.3 Å². The zero-order valence-corrected chi connectivity index (χ0v) is 7.52. The van der Waals surface area contributed by atoms with Crippen LogP contribution in [-0.2, 0) is 9.84 Å². The van der Waals surface area contributed by atoms with Gasteiger partial charge in [-0.2, -0.15) is 9.90 Å². The summed E-state index contributed by atoms with van der Waals surface area (Å²) in [7, 11) is 3.92. The van der Waals surface area contributed by atoms with Crippen molar-refractivity contribution in [3.8, 4) is 0 Å². The molecule has 0 aliphatic carbocycles. The lowest BCUT2D eigenvalue weighted by Crippen LogP contribution is -2.15. The van der Waals surface area contributed by atoms with E-state index in [1.165, 1.54) is 11.8 Å². The van der Waals surface area contributed by atoms with E-state index in [1.54, 1.807) is 0 Å². The van der Waals surface area contributed by atoms with Crippen LogP contribution in [0.15, 0.2) is 0 Å². The Balaban J connectivity index is 2.97. The monoisotopic (exact) mass is 178 g/mol. The number of rotatable bonds is 5. The number of hydrogen-bond donors (Lipinski definition) is 0. The van der Waals surface area contributed by atoms with Crippen molar-refractivity contribution in [2.45, 2.75) is 0 Å². The Kier molecular flexibility index (Phi) is 6.06. The summed E-state index contributed by atoms with van der Waals surface area (Å²) >= 11 is 1.43. The predicted octanol–water partition coefficient (Wildman–Crippen LogP) is 0.806. The van der Waals surface area contributed by atoms with E-state index in [-0.39, 0.29) is 5.94 Å². The van der Waals surface area contributed by atoms with E-state index in [0.29, 0.717) is 0 Å². The minimum absolute atomic E-state index is 0.163. The van der Waals surface area contributed by atoms with Crippen molar-refractivity contribution in [1.82, 2.24) is 4.90 Å². The Labute approximate surface area is 70.5 Å². The SMILES string of the molecule is CN(C)CCSCOC([O])=O. The quantitative estimate of drug-likeness (QED) is 0.355. The van der Waals surface area contributed by atoms with Gasteiger partial charge in [0.05, 0.1) is 0 Å². The van der Waals surface area contributed by atoms with Crippen molar-refractivity contribution in [2.24, 2.45) is 0 Å². The molecule has 0 fully saturated rings. The van der Waals surface area contributed by atoms with Gasteiger partial charge >= 0.3 is 6.16 Å². The van der Waals surface area contributed by atoms with Crippen molar-refractivity contribution in [1.29, 1.82) is 0 Å². The van der Waals surface area contributed by atoms with Gasteiger partial charge in [0.15, 0.2) is 0 Å². The third-order valence-electron chi connectivity index (χ3n) is 0.943. The minimum atomic E-state index is -1.46. The summed E-state index contributed by atoms with van der Waals surface area (Å²) in [6, 6.07) is 0. The van der Waals surface area contributed by atoms with Crippen LogP contribution in [0.25, 0.3) is 0 Å². The van der Waals surface area contributed by atoms with E-state index in [1.807, 2.05) is 19.0 Å². The van der Waals surface area contributed by atoms with Gasteiger partial charge in [-0.3, -0.25) is 0 Å². The molecule has 0 amide bonds. The van der Waals surface area contributed by atoms with Crippen molar-refractivity contribution in [3.63, 3.8) is 0 Å². The van der Waals surface area contributed by atoms with Crippen molar-refractivity contribution in [2.75, 3.05) is 32.3 Å². The number of carbonyl (C=O) groups is 1. The normalized spacial score (nSPS) is 10.1. The number of carbonyl (C=O) groups excluding carboxylic acids is 1. The first-order chi connectivity index (χ1) is 5.13. The van der Waals surface area contributed by atoms with Crippen LogP contribution < -0.4 is 0 Å². The van der Waals surface area contributed by atoms with Crippen molar-refractivity contribution < 1.29 is 14.6 Å². The van der Waals surface area contributed by atoms with Crippen LogP contribution in [-0.4, -0.2) is 43.4 Å². The van der Waals surface area contributed by atoms with Crippen LogP contribution in [0.2, 0.25) is 0 Å². The maximum absolute atomic E-state index is 9.74. The highest BCUT2D eigenvalue weighted by Gasteiger charge is 1.98. The van der Waals surface area contributed by atoms with Gasteiger partial charge in [-0.05, 0) is 14.1 Å². The maximum Gasteiger partial charge on any atom is 0.550 e. The van der Waals surface area contributed by atoms with Gasteiger partial charge in [0.25, 0.3) is 0 Å². The molecular formula is C6H12NO3S. The van der Waals surface area contributed by atoms with Crippen LogP contribution in [0.4, 0.5) is 4.79 Å². The first-order valence-electron chi connectivity index (χ1n) is 3.19. The summed E-state index contributed by atoms with van der Waals surface area (Å²) in [5, 5.41) is 9.74. The fraction of sp³-hybridized carbons (Fsp3) is 0.833. The molecular weight excluding hydrogens is 166 g/mol. The first kappa shape index (κ1) is 10.6. The molecule has 0 bridgehead atoms. The zero-order valence-electron chi connectivity index (χ0n) is 6.70. The van der Waals surface area contributed by atoms with Gasteiger partial charge in [0.2, 0.25) is 0 Å². The van der Waals surface area contributed by atoms with Gasteiger partial charge in [-0.25, -0.2) is 0 Å². The Morgan fingerprint density at radius 3 is 2.64 bits per heavy atom. The summed E-state index contributed by atoms with van der Waals surface area (Å²) in [5.74, 6) is 1.02. The number of nitrogens with zero attached hydrogens (tertiary/aromatic N) is 1. The van der Waals surface area contributed by atoms with E-state index in [2.05, 4.69) is 4.74 Å². The second-order valence-electron chi connectivity index (χ2n) is 2.22. The standard InChI is InChI=1S/C6H12NO3S/c1-7(2)3-4-11-5-10-6(8)9/h3-5H2,1-2H3. The van der Waals surface area contributed by atoms with Crippen LogP contribution >= 0.6 is 11.8 Å². The Bertz CT molecular complexity index is 118. The lowest BCUT2D eigenvalue weighted by molar-refractivity contribution is 0.0831. The molecule has 0 unspecified atom stereocenters. The maximum atomic E-state index is 9.74. The summed E-state index contributed by atoms with van der Waals surface area (Å²) in [5.41, 5.74) is 0. The zero-order chi connectivity index (χ0) is 8.69. The second kappa shape index (κ2) is 6.30. The fourth-order valence-corrected chi connectivity index (χ4v) is 1.19. The topological polar surface area (TPSA) is 49.4 Å². The van der Waals surface area contributed by atoms with Gasteiger partial charge in [0.1, 0.15) is 5.94 Å². The van der Waals surface area contributed by atoms with Gasteiger partial charge in [0, 0.05) is 12.3 Å². The van der Waals surface area contributed by atoms with Gasteiger partial charge < -0.3 is 9.64 Å². The molecule has 0 rings (SSSR count). The molecule has 1 radical (unpaired) electrons. The molecule has 4 nitrogen and oxygen atoms in total. The molecule has 5 heteroatoms. The van der Waals surface area contributed by atoms with Crippen molar-refractivity contribution >= 4 is 17.9 Å². The molecule has 11 heavy (non-hydrogen) atoms. The molecule has 65 valence electrons. The molecule has 0 saturated heterocycles. The molecule has 0 aromatic heterocycles. The highest BCUT2D eigenvalue weighted by atomic mass is 32.2. The van der Waals surface area contributed by atoms with E-state index < -0.39 is 6.16 Å². The minimum Gasteiger partial charge on any atom is -0.421 e. The second-order valence-corrected chi connectivity index (χ2v) is 3.28. The molecule has 0 aliphatic rings. The molecule has 0 saturated carbocycles. The van der Waals surface area contributed by atoms with E-state index in [4.69, 9.17) is 0 Å². The number of hydrogen-bond acceptors (Lipinski definition) is 4. The highest BCUT2D eigenvalue weighted by molar-refractivity contribution is 7.99. The molecule has 0 aliphatic heterocycles. The lowest BCUT2D eigenvalue weighted by atomic mass is 10.7. The van der Waals surface area contributed by atoms with E-state index >= 15 is 0 Å². The summed E-state index contributed by atoms with van der Waals surface area (Å²) in [4.78, 5) is 11.8. The Morgan fingerprint density at radius 2 is 2.18 bits per heavy atom. The average Bonchev–Trinajstić information content (AvgIpc) is 1.85. The third kappa shape index (κ3) is 9.58. The van der Waals surface area contributed by atoms with Crippen molar-refractivity contribution in [3.05, 3.63) is 0 Å². The van der Waals surface area contributed by atoms with Crippen LogP contribution in [0.5, 0.6) is 0 Å². The predicted molar refractivity (Wildman–Crippen MR) is 43.0 cm³/mol. The number of ether oxygens (including phenoxy) is 1. The van der Waals surface area contributed by atoms with Crippen LogP contribution in [0.1, 0.15) is 0 Å². The molecule has 0 atom stereocenters. The van der Waals surface area contributed by atoms with Gasteiger partial charge in [-0.1, -0.05) is 0 Å². The summed E-state index contributed by atoms with van der Waals surface area (Å²) < 4.78 is 4.17. The molecule has 0 N–H and O–H groups in total. The Morgan fingerprint density at radius 1 is 1.55 bits per heavy atom. The number of thioether (sulfide) groups is 1. The Hall–Kier alpha value is -0.420. The third-order valence-corrected chi connectivity index (χ3v) is 1.70. The largest absolute Gasteiger partial charge is 0.550 e. The highest BCUT2D eigenvalue weighted by Crippen LogP contribution is 1.99. The van der Waals surface area contributed by atoms with Crippen LogP contribution in [0.3, 0.4) is 0 Å². The fourth-order valence-electron chi connectivity index (χ4n) is 0.396. The molecule has 0 heterocycles. The summed E-state index contributed by atoms with van der Waals surface area (Å²) in [6.07, 6.45) is -1.46.